The van der Waals surface area contributed by atoms with Crippen LogP contribution in [0, 0.1) is 34.5 Å². The number of hydrogen-bond donors (Lipinski definition) is 4. The molecule has 0 aromatic carbocycles. The third-order valence-corrected chi connectivity index (χ3v) is 11.5. The molecule has 6 aliphatic rings. The van der Waals surface area contributed by atoms with Gasteiger partial charge in [-0.25, -0.2) is 0 Å². The zero-order valence-electron chi connectivity index (χ0n) is 20.3. The van der Waals surface area contributed by atoms with Crippen LogP contribution in [0.25, 0.3) is 0 Å². The van der Waals surface area contributed by atoms with Gasteiger partial charge < -0.3 is 34.6 Å². The summed E-state index contributed by atoms with van der Waals surface area (Å²) in [6.45, 7) is 4.06. The van der Waals surface area contributed by atoms with Gasteiger partial charge in [-0.05, 0) is 44.1 Å². The molecule has 1 saturated heterocycles. The lowest BCUT2D eigenvalue weighted by Gasteiger charge is -2.65. The maximum Gasteiger partial charge on any atom is 0.136 e. The van der Waals surface area contributed by atoms with Gasteiger partial charge in [0.05, 0.1) is 37.1 Å². The summed E-state index contributed by atoms with van der Waals surface area (Å²) in [6.07, 6.45) is 0.475. The number of rotatable bonds is 5. The molecule has 8 heteroatoms. The second kappa shape index (κ2) is 7.13. The fourth-order valence-electron chi connectivity index (χ4n) is 10.8. The molecule has 5 aliphatic carbocycles. The molecule has 188 valence electrons. The monoisotopic (exact) mass is 467 g/mol. The summed E-state index contributed by atoms with van der Waals surface area (Å²) in [5.74, 6) is -0.506. The van der Waals surface area contributed by atoms with Crippen LogP contribution in [0.3, 0.4) is 0 Å². The van der Waals surface area contributed by atoms with Crippen molar-refractivity contribution < 1.29 is 34.6 Å². The Morgan fingerprint density at radius 3 is 2.42 bits per heavy atom. The number of ether oxygens (including phenoxy) is 3. The van der Waals surface area contributed by atoms with Crippen LogP contribution in [0.5, 0.6) is 0 Å². The summed E-state index contributed by atoms with van der Waals surface area (Å²) in [4.78, 5) is 2.30. The van der Waals surface area contributed by atoms with E-state index in [4.69, 9.17) is 14.2 Å². The molecular formula is C25H41NO7. The van der Waals surface area contributed by atoms with Crippen LogP contribution in [0.4, 0.5) is 0 Å². The maximum absolute atomic E-state index is 12.9. The van der Waals surface area contributed by atoms with E-state index >= 15 is 0 Å². The second-order valence-corrected chi connectivity index (χ2v) is 12.1. The number of aliphatic hydroxyl groups is 4. The summed E-state index contributed by atoms with van der Waals surface area (Å²) >= 11 is 0. The van der Waals surface area contributed by atoms with Gasteiger partial charge in [-0.15, -0.1) is 0 Å². The van der Waals surface area contributed by atoms with Gasteiger partial charge in [0.15, 0.2) is 0 Å². The quantitative estimate of drug-likeness (QED) is 0.447. The molecule has 0 radical (unpaired) electrons. The standard InChI is InChI=1S/C25H41NO7/c1-5-26-11-22(12-31-2)7-6-17(27)24-15-8-13-16(32-3)10-23(29,9-14(15)18(13)28)25(30,21(24)26)20(33-4)19(22)24/h13-21,27-30H,5-12H2,1-4H3. The van der Waals surface area contributed by atoms with Crippen LogP contribution in [-0.2, 0) is 14.2 Å². The molecule has 0 aromatic heterocycles. The van der Waals surface area contributed by atoms with Gasteiger partial charge in [0.1, 0.15) is 11.2 Å². The van der Waals surface area contributed by atoms with Crippen molar-refractivity contribution in [3.8, 4) is 0 Å². The van der Waals surface area contributed by atoms with Gasteiger partial charge >= 0.3 is 0 Å². The first kappa shape index (κ1) is 23.1. The largest absolute Gasteiger partial charge is 0.392 e. The van der Waals surface area contributed by atoms with E-state index in [2.05, 4.69) is 11.8 Å². The van der Waals surface area contributed by atoms with Crippen LogP contribution >= 0.6 is 0 Å². The van der Waals surface area contributed by atoms with Crippen molar-refractivity contribution in [1.29, 1.82) is 0 Å². The highest BCUT2D eigenvalue weighted by atomic mass is 16.5. The summed E-state index contributed by atoms with van der Waals surface area (Å²) in [5.41, 5.74) is -4.06. The molecule has 1 aliphatic heterocycles. The molecule has 33 heavy (non-hydrogen) atoms. The average molecular weight is 468 g/mol. The van der Waals surface area contributed by atoms with Crippen molar-refractivity contribution >= 4 is 0 Å². The lowest BCUT2D eigenvalue weighted by molar-refractivity contribution is -0.235. The number of likely N-dealkylation sites (N-methyl/N-ethyl adjacent to an activating group) is 1. The number of nitrogens with zero attached hydrogens (tertiary/aromatic N) is 1. The van der Waals surface area contributed by atoms with Crippen molar-refractivity contribution in [3.05, 3.63) is 0 Å². The van der Waals surface area contributed by atoms with Crippen molar-refractivity contribution in [1.82, 2.24) is 4.90 Å². The lowest BCUT2D eigenvalue weighted by Crippen LogP contribution is -2.73. The van der Waals surface area contributed by atoms with Crippen LogP contribution in [-0.4, -0.2) is 108 Å². The third-order valence-electron chi connectivity index (χ3n) is 11.5. The zero-order chi connectivity index (χ0) is 23.6. The van der Waals surface area contributed by atoms with Gasteiger partial charge in [-0.3, -0.25) is 4.90 Å². The molecule has 13 unspecified atom stereocenters. The molecule has 0 amide bonds. The summed E-state index contributed by atoms with van der Waals surface area (Å²) < 4.78 is 17.9. The second-order valence-electron chi connectivity index (χ2n) is 12.1. The molecular weight excluding hydrogens is 426 g/mol. The van der Waals surface area contributed by atoms with Gasteiger partial charge in [-0.1, -0.05) is 6.92 Å². The van der Waals surface area contributed by atoms with E-state index in [1.807, 2.05) is 0 Å². The first-order chi connectivity index (χ1) is 15.7. The average Bonchev–Trinajstić information content (AvgIpc) is 3.13. The predicted octanol–water partition coefficient (Wildman–Crippen LogP) is 0.00700. The van der Waals surface area contributed by atoms with E-state index in [1.165, 1.54) is 0 Å². The van der Waals surface area contributed by atoms with Crippen LogP contribution in [0.2, 0.25) is 0 Å². The first-order valence-electron chi connectivity index (χ1n) is 12.8. The normalized spacial score (nSPS) is 61.3. The Kier molecular flexibility index (Phi) is 4.99. The minimum absolute atomic E-state index is 0.0352. The minimum Gasteiger partial charge on any atom is -0.392 e. The Labute approximate surface area is 196 Å². The Bertz CT molecular complexity index is 814. The van der Waals surface area contributed by atoms with E-state index in [1.54, 1.807) is 21.3 Å². The Morgan fingerprint density at radius 1 is 1.03 bits per heavy atom. The number of methoxy groups -OCH3 is 3. The lowest BCUT2D eigenvalue weighted by atomic mass is 9.46. The van der Waals surface area contributed by atoms with Gasteiger partial charge in [0, 0.05) is 57.0 Å². The van der Waals surface area contributed by atoms with E-state index < -0.39 is 41.0 Å². The highest BCUT2D eigenvalue weighted by molar-refractivity contribution is 5.37. The summed E-state index contributed by atoms with van der Waals surface area (Å²) in [7, 11) is 4.99. The van der Waals surface area contributed by atoms with Crippen molar-refractivity contribution in [2.45, 2.75) is 80.7 Å². The highest BCUT2D eigenvalue weighted by Gasteiger charge is 2.87. The minimum atomic E-state index is -1.59. The Balaban J connectivity index is 1.68. The summed E-state index contributed by atoms with van der Waals surface area (Å²) in [6, 6.07) is -0.452. The van der Waals surface area contributed by atoms with Crippen LogP contribution in [0.1, 0.15) is 39.0 Å². The molecule has 8 nitrogen and oxygen atoms in total. The smallest absolute Gasteiger partial charge is 0.136 e. The molecule has 0 aromatic rings. The molecule has 1 spiro atoms. The number of piperidine rings is 1. The zero-order valence-corrected chi connectivity index (χ0v) is 20.3. The summed E-state index contributed by atoms with van der Waals surface area (Å²) in [5, 5.41) is 48.8. The van der Waals surface area contributed by atoms with Crippen LogP contribution in [0.15, 0.2) is 0 Å². The molecule has 13 atom stereocenters. The predicted molar refractivity (Wildman–Crippen MR) is 118 cm³/mol. The molecule has 5 saturated carbocycles. The van der Waals surface area contributed by atoms with Gasteiger partial charge in [0.2, 0.25) is 0 Å². The fraction of sp³-hybridized carbons (Fsp3) is 1.00. The maximum atomic E-state index is 12.9. The topological polar surface area (TPSA) is 112 Å². The molecule has 8 bridgehead atoms. The number of aliphatic hydroxyl groups excluding tert-OH is 2. The SMILES string of the molecule is CCN1CC2(COC)CCC(O)C34C5CC6C(OC)CC(O)(CC5C6O)C(O)(C(OC)C23)C14. The number of hydrogen-bond acceptors (Lipinski definition) is 8. The van der Waals surface area contributed by atoms with Crippen molar-refractivity contribution in [2.75, 3.05) is 41.0 Å². The highest BCUT2D eigenvalue weighted by Crippen LogP contribution is 2.77. The molecule has 6 rings (SSSR count). The number of likely N-dealkylation sites (tertiary alicyclic amines) is 1. The first-order valence-corrected chi connectivity index (χ1v) is 12.8. The molecule has 4 N–H and O–H groups in total. The Hall–Kier alpha value is -0.320. The van der Waals surface area contributed by atoms with E-state index in [0.29, 0.717) is 26.0 Å². The van der Waals surface area contributed by atoms with E-state index in [0.717, 1.165) is 19.4 Å². The van der Waals surface area contributed by atoms with Crippen molar-refractivity contribution in [3.63, 3.8) is 0 Å². The number of fused-ring (bicyclic) bond motifs is 3. The Morgan fingerprint density at radius 2 is 1.79 bits per heavy atom. The van der Waals surface area contributed by atoms with Crippen molar-refractivity contribution in [2.24, 2.45) is 34.5 Å². The van der Waals surface area contributed by atoms with E-state index in [9.17, 15) is 20.4 Å². The fourth-order valence-corrected chi connectivity index (χ4v) is 10.8. The van der Waals surface area contributed by atoms with E-state index in [-0.39, 0.29) is 41.6 Å². The third kappa shape index (κ3) is 2.32. The van der Waals surface area contributed by atoms with Gasteiger partial charge in [0.25, 0.3) is 0 Å². The van der Waals surface area contributed by atoms with Gasteiger partial charge in [-0.2, -0.15) is 0 Å². The van der Waals surface area contributed by atoms with Crippen LogP contribution < -0.4 is 0 Å². The molecule has 1 heterocycles. The molecule has 6 fully saturated rings.